The van der Waals surface area contributed by atoms with Crippen LogP contribution in [0, 0.1) is 3.57 Å². The number of hydrogen-bond acceptors (Lipinski definition) is 1. The molecule has 3 heteroatoms. The van der Waals surface area contributed by atoms with E-state index in [-0.39, 0.29) is 0 Å². The summed E-state index contributed by atoms with van der Waals surface area (Å²) in [4.78, 5) is 11.5. The Bertz CT molecular complexity index is 381. The van der Waals surface area contributed by atoms with Gasteiger partial charge in [0.05, 0.1) is 5.41 Å². The van der Waals surface area contributed by atoms with Crippen molar-refractivity contribution in [3.8, 4) is 0 Å². The summed E-state index contributed by atoms with van der Waals surface area (Å²) in [6.45, 7) is 0. The van der Waals surface area contributed by atoms with E-state index in [0.717, 1.165) is 34.8 Å². The van der Waals surface area contributed by atoms with Gasteiger partial charge in [-0.25, -0.2) is 0 Å². The van der Waals surface area contributed by atoms with Crippen LogP contribution in [0.15, 0.2) is 24.3 Å². The van der Waals surface area contributed by atoms with Gasteiger partial charge in [0.1, 0.15) is 0 Å². The molecular formula is C12H13IO2. The molecule has 0 bridgehead atoms. The van der Waals surface area contributed by atoms with Crippen molar-refractivity contribution in [2.24, 2.45) is 0 Å². The fourth-order valence-corrected chi connectivity index (χ4v) is 3.33. The van der Waals surface area contributed by atoms with Crippen LogP contribution < -0.4 is 0 Å². The molecule has 0 unspecified atom stereocenters. The molecule has 0 radical (unpaired) electrons. The monoisotopic (exact) mass is 316 g/mol. The molecule has 0 saturated heterocycles. The first-order valence-electron chi connectivity index (χ1n) is 5.15. The van der Waals surface area contributed by atoms with Crippen molar-refractivity contribution < 1.29 is 9.90 Å². The molecule has 15 heavy (non-hydrogen) atoms. The topological polar surface area (TPSA) is 37.3 Å². The Hall–Kier alpha value is -0.580. The van der Waals surface area contributed by atoms with Gasteiger partial charge >= 0.3 is 5.97 Å². The van der Waals surface area contributed by atoms with Gasteiger partial charge in [0, 0.05) is 3.57 Å². The molecule has 2 rings (SSSR count). The summed E-state index contributed by atoms with van der Waals surface area (Å²) in [6.07, 6.45) is 3.61. The van der Waals surface area contributed by atoms with E-state index in [9.17, 15) is 9.90 Å². The van der Waals surface area contributed by atoms with Crippen molar-refractivity contribution in [2.45, 2.75) is 31.1 Å². The molecule has 0 spiro atoms. The quantitative estimate of drug-likeness (QED) is 0.851. The lowest BCUT2D eigenvalue weighted by atomic mass is 9.79. The van der Waals surface area contributed by atoms with Gasteiger partial charge in [0.25, 0.3) is 0 Å². The van der Waals surface area contributed by atoms with Crippen LogP contribution >= 0.6 is 22.6 Å². The minimum Gasteiger partial charge on any atom is -0.481 e. The van der Waals surface area contributed by atoms with Gasteiger partial charge in [-0.1, -0.05) is 31.0 Å². The highest BCUT2D eigenvalue weighted by Gasteiger charge is 2.43. The Labute approximate surface area is 103 Å². The van der Waals surface area contributed by atoms with Crippen molar-refractivity contribution >= 4 is 28.6 Å². The summed E-state index contributed by atoms with van der Waals surface area (Å²) in [5, 5.41) is 9.44. The van der Waals surface area contributed by atoms with Crippen LogP contribution in [0.5, 0.6) is 0 Å². The molecular weight excluding hydrogens is 303 g/mol. The average molecular weight is 316 g/mol. The van der Waals surface area contributed by atoms with Gasteiger partial charge in [0.15, 0.2) is 0 Å². The van der Waals surface area contributed by atoms with E-state index in [1.165, 1.54) is 0 Å². The first-order valence-corrected chi connectivity index (χ1v) is 6.23. The smallest absolute Gasteiger partial charge is 0.314 e. The van der Waals surface area contributed by atoms with Crippen LogP contribution in [-0.4, -0.2) is 11.1 Å². The molecule has 80 valence electrons. The fraction of sp³-hybridized carbons (Fsp3) is 0.417. The fourth-order valence-electron chi connectivity index (χ4n) is 2.43. The third-order valence-corrected chi connectivity index (χ3v) is 4.20. The summed E-state index contributed by atoms with van der Waals surface area (Å²) in [5.41, 5.74) is 0.383. The Kier molecular flexibility index (Phi) is 3.00. The number of hydrogen-bond donors (Lipinski definition) is 1. The van der Waals surface area contributed by atoms with Crippen LogP contribution in [0.25, 0.3) is 0 Å². The zero-order valence-corrected chi connectivity index (χ0v) is 10.5. The number of aliphatic carboxylic acids is 1. The first kappa shape index (κ1) is 10.9. The maximum atomic E-state index is 11.5. The largest absolute Gasteiger partial charge is 0.481 e. The maximum absolute atomic E-state index is 11.5. The summed E-state index contributed by atoms with van der Waals surface area (Å²) >= 11 is 2.23. The van der Waals surface area contributed by atoms with Crippen molar-refractivity contribution in [2.75, 3.05) is 0 Å². The molecule has 0 atom stereocenters. The molecule has 0 aromatic heterocycles. The van der Waals surface area contributed by atoms with E-state index in [4.69, 9.17) is 0 Å². The molecule has 0 heterocycles. The van der Waals surface area contributed by atoms with Crippen LogP contribution in [0.2, 0.25) is 0 Å². The number of carbonyl (C=O) groups is 1. The lowest BCUT2D eigenvalue weighted by molar-refractivity contribution is -0.143. The van der Waals surface area contributed by atoms with E-state index in [2.05, 4.69) is 22.6 Å². The molecule has 1 fully saturated rings. The average Bonchev–Trinajstić information content (AvgIpc) is 2.68. The van der Waals surface area contributed by atoms with E-state index in [0.29, 0.717) is 0 Å². The third kappa shape index (κ3) is 1.77. The van der Waals surface area contributed by atoms with Crippen molar-refractivity contribution in [1.82, 2.24) is 0 Å². The summed E-state index contributed by atoms with van der Waals surface area (Å²) in [5.74, 6) is -0.663. The van der Waals surface area contributed by atoms with Crippen LogP contribution in [0.4, 0.5) is 0 Å². The van der Waals surface area contributed by atoms with E-state index >= 15 is 0 Å². The van der Waals surface area contributed by atoms with Crippen molar-refractivity contribution in [3.05, 3.63) is 33.4 Å². The van der Waals surface area contributed by atoms with E-state index in [1.807, 2.05) is 24.3 Å². The molecule has 0 amide bonds. The number of halogens is 1. The summed E-state index contributed by atoms with van der Waals surface area (Å²) < 4.78 is 1.07. The second-order valence-electron chi connectivity index (χ2n) is 4.07. The molecule has 2 nitrogen and oxygen atoms in total. The Balaban J connectivity index is 2.50. The van der Waals surface area contributed by atoms with Gasteiger partial charge < -0.3 is 5.11 Å². The van der Waals surface area contributed by atoms with E-state index < -0.39 is 11.4 Å². The Morgan fingerprint density at radius 2 is 1.87 bits per heavy atom. The van der Waals surface area contributed by atoms with Gasteiger partial charge in [0.2, 0.25) is 0 Å². The lowest BCUT2D eigenvalue weighted by Gasteiger charge is -2.25. The standard InChI is InChI=1S/C12H13IO2/c13-10-6-2-1-5-9(10)12(11(14)15)7-3-4-8-12/h1-2,5-6H,3-4,7-8H2,(H,14,15). The van der Waals surface area contributed by atoms with Crippen LogP contribution in [0.1, 0.15) is 31.2 Å². The van der Waals surface area contributed by atoms with Crippen molar-refractivity contribution in [1.29, 1.82) is 0 Å². The number of carboxylic acid groups (broad SMARTS) is 1. The van der Waals surface area contributed by atoms with Gasteiger partial charge in [-0.05, 0) is 47.1 Å². The Morgan fingerprint density at radius 3 is 2.40 bits per heavy atom. The second-order valence-corrected chi connectivity index (χ2v) is 5.24. The van der Waals surface area contributed by atoms with Crippen LogP contribution in [-0.2, 0) is 10.2 Å². The molecule has 1 aromatic carbocycles. The van der Waals surface area contributed by atoms with Gasteiger partial charge in [-0.2, -0.15) is 0 Å². The SMILES string of the molecule is O=C(O)C1(c2ccccc2I)CCCC1. The maximum Gasteiger partial charge on any atom is 0.314 e. The highest BCUT2D eigenvalue weighted by Crippen LogP contribution is 2.42. The van der Waals surface area contributed by atoms with Crippen molar-refractivity contribution in [3.63, 3.8) is 0 Å². The predicted molar refractivity (Wildman–Crippen MR) is 66.9 cm³/mol. The molecule has 1 N–H and O–H groups in total. The van der Waals surface area contributed by atoms with Crippen LogP contribution in [0.3, 0.4) is 0 Å². The highest BCUT2D eigenvalue weighted by molar-refractivity contribution is 14.1. The lowest BCUT2D eigenvalue weighted by Crippen LogP contribution is -2.33. The predicted octanol–water partition coefficient (Wildman–Crippen LogP) is 3.19. The summed E-state index contributed by atoms with van der Waals surface area (Å²) in [7, 11) is 0. The minimum absolute atomic E-state index is 0.613. The number of rotatable bonds is 2. The molecule has 1 aromatic rings. The zero-order valence-electron chi connectivity index (χ0n) is 8.37. The Morgan fingerprint density at radius 1 is 1.27 bits per heavy atom. The molecule has 1 aliphatic rings. The number of carboxylic acids is 1. The minimum atomic E-state index is -0.663. The molecule has 1 aliphatic carbocycles. The van der Waals surface area contributed by atoms with E-state index in [1.54, 1.807) is 0 Å². The third-order valence-electron chi connectivity index (χ3n) is 3.26. The second kappa shape index (κ2) is 4.12. The van der Waals surface area contributed by atoms with Gasteiger partial charge in [-0.15, -0.1) is 0 Å². The van der Waals surface area contributed by atoms with Gasteiger partial charge in [-0.3, -0.25) is 4.79 Å². The number of benzene rings is 1. The molecule has 0 aliphatic heterocycles. The zero-order chi connectivity index (χ0) is 10.9. The summed E-state index contributed by atoms with van der Waals surface area (Å²) in [6, 6.07) is 7.83. The molecule has 1 saturated carbocycles. The highest BCUT2D eigenvalue weighted by atomic mass is 127. The normalized spacial score (nSPS) is 19.0. The first-order chi connectivity index (χ1) is 7.17.